The normalized spacial score (nSPS) is 9.73. The van der Waals surface area contributed by atoms with Gasteiger partial charge in [0.2, 0.25) is 11.0 Å². The lowest BCUT2D eigenvalue weighted by Gasteiger charge is -1.94. The highest BCUT2D eigenvalue weighted by Gasteiger charge is 2.08. The second-order valence-electron chi connectivity index (χ2n) is 2.42. The summed E-state index contributed by atoms with van der Waals surface area (Å²) in [6.07, 6.45) is 0. The second-order valence-corrected chi connectivity index (χ2v) is 4.62. The van der Waals surface area contributed by atoms with E-state index in [1.807, 2.05) is 0 Å². The van der Waals surface area contributed by atoms with Crippen molar-refractivity contribution < 1.29 is 14.3 Å². The average Bonchev–Trinajstić information content (AvgIpc) is 2.61. The molecule has 1 aromatic rings. The van der Waals surface area contributed by atoms with Crippen LogP contribution in [0.3, 0.4) is 0 Å². The van der Waals surface area contributed by atoms with Gasteiger partial charge in [-0.05, 0) is 0 Å². The minimum atomic E-state index is -0.323. The molecule has 0 fully saturated rings. The molecule has 0 aliphatic rings. The first-order valence-corrected chi connectivity index (χ1v) is 5.72. The lowest BCUT2D eigenvalue weighted by atomic mass is 10.7. The molecule has 0 saturated heterocycles. The van der Waals surface area contributed by atoms with Crippen molar-refractivity contribution in [1.29, 1.82) is 0 Å². The van der Waals surface area contributed by atoms with Crippen molar-refractivity contribution >= 4 is 40.1 Å². The quantitative estimate of drug-likeness (QED) is 0.480. The van der Waals surface area contributed by atoms with Crippen LogP contribution in [0.2, 0.25) is 0 Å². The van der Waals surface area contributed by atoms with E-state index in [1.165, 1.54) is 37.1 Å². The van der Waals surface area contributed by atoms with Gasteiger partial charge >= 0.3 is 5.97 Å². The van der Waals surface area contributed by atoms with Gasteiger partial charge in [-0.3, -0.25) is 9.59 Å². The number of methoxy groups -OCH3 is 1. The third-order valence-corrected chi connectivity index (χ3v) is 3.18. The van der Waals surface area contributed by atoms with Crippen LogP contribution < -0.4 is 5.32 Å². The number of carbonyl (C=O) groups excluding carboxylic acids is 2. The predicted molar refractivity (Wildman–Crippen MR) is 57.0 cm³/mol. The molecule has 1 N–H and O–H groups in total. The summed E-state index contributed by atoms with van der Waals surface area (Å²) >= 11 is 2.43. The average molecular weight is 247 g/mol. The van der Waals surface area contributed by atoms with Crippen LogP contribution in [-0.2, 0) is 14.3 Å². The Kier molecular flexibility index (Phi) is 4.50. The van der Waals surface area contributed by atoms with Crippen molar-refractivity contribution in [2.24, 2.45) is 0 Å². The molecule has 0 aliphatic heterocycles. The molecule has 1 aromatic heterocycles. The number of hydrogen-bond acceptors (Lipinski definition) is 7. The summed E-state index contributed by atoms with van der Waals surface area (Å²) in [6.45, 7) is 1.39. The van der Waals surface area contributed by atoms with Crippen LogP contribution in [0.25, 0.3) is 0 Å². The fourth-order valence-electron chi connectivity index (χ4n) is 0.649. The Bertz CT molecular complexity index is 366. The monoisotopic (exact) mass is 247 g/mol. The van der Waals surface area contributed by atoms with Crippen molar-refractivity contribution in [3.05, 3.63) is 0 Å². The van der Waals surface area contributed by atoms with Gasteiger partial charge in [-0.2, -0.15) is 0 Å². The third-order valence-electron chi connectivity index (χ3n) is 1.23. The van der Waals surface area contributed by atoms with Crippen molar-refractivity contribution in [3.63, 3.8) is 0 Å². The Morgan fingerprint density at radius 2 is 2.27 bits per heavy atom. The van der Waals surface area contributed by atoms with Gasteiger partial charge in [-0.15, -0.1) is 10.2 Å². The molecule has 1 rings (SSSR count). The van der Waals surface area contributed by atoms with Crippen molar-refractivity contribution in [2.75, 3.05) is 18.2 Å². The van der Waals surface area contributed by atoms with E-state index in [0.29, 0.717) is 9.47 Å². The molecule has 15 heavy (non-hydrogen) atoms. The zero-order chi connectivity index (χ0) is 11.3. The lowest BCUT2D eigenvalue weighted by Crippen LogP contribution is -2.04. The molecule has 0 aliphatic carbocycles. The van der Waals surface area contributed by atoms with E-state index < -0.39 is 0 Å². The molecule has 0 atom stereocenters. The van der Waals surface area contributed by atoms with Gasteiger partial charge in [-0.25, -0.2) is 0 Å². The van der Waals surface area contributed by atoms with E-state index in [4.69, 9.17) is 0 Å². The van der Waals surface area contributed by atoms with Crippen molar-refractivity contribution in [1.82, 2.24) is 10.2 Å². The molecule has 1 heterocycles. The predicted octanol–water partition coefficient (Wildman–Crippen LogP) is 0.762. The van der Waals surface area contributed by atoms with Crippen LogP contribution in [0.5, 0.6) is 0 Å². The smallest absolute Gasteiger partial charge is 0.316 e. The van der Waals surface area contributed by atoms with Gasteiger partial charge in [0.05, 0.1) is 12.9 Å². The van der Waals surface area contributed by atoms with Crippen LogP contribution in [0, 0.1) is 0 Å². The zero-order valence-electron chi connectivity index (χ0n) is 8.14. The molecule has 0 saturated carbocycles. The number of esters is 1. The standard InChI is InChI=1S/C7H9N3O3S2/c1-4(11)8-6-9-10-7(15-6)14-3-5(12)13-2/h3H2,1-2H3,(H,8,9,11). The van der Waals surface area contributed by atoms with Gasteiger partial charge in [0, 0.05) is 6.92 Å². The number of carbonyl (C=O) groups is 2. The maximum Gasteiger partial charge on any atom is 0.316 e. The van der Waals surface area contributed by atoms with E-state index in [0.717, 1.165) is 0 Å². The zero-order valence-corrected chi connectivity index (χ0v) is 9.78. The first-order valence-electron chi connectivity index (χ1n) is 3.92. The summed E-state index contributed by atoms with van der Waals surface area (Å²) < 4.78 is 5.09. The molecular formula is C7H9N3O3S2. The highest BCUT2D eigenvalue weighted by atomic mass is 32.2. The molecular weight excluding hydrogens is 238 g/mol. The summed E-state index contributed by atoms with van der Waals surface area (Å²) in [6, 6.07) is 0. The molecule has 82 valence electrons. The molecule has 0 aromatic carbocycles. The molecule has 0 unspecified atom stereocenters. The van der Waals surface area contributed by atoms with E-state index in [9.17, 15) is 9.59 Å². The number of nitrogens with zero attached hydrogens (tertiary/aromatic N) is 2. The third kappa shape index (κ3) is 4.26. The van der Waals surface area contributed by atoms with Crippen molar-refractivity contribution in [3.8, 4) is 0 Å². The fraction of sp³-hybridized carbons (Fsp3) is 0.429. The number of ether oxygens (including phenoxy) is 1. The SMILES string of the molecule is COC(=O)CSc1nnc(NC(C)=O)s1. The highest BCUT2D eigenvalue weighted by molar-refractivity contribution is 8.01. The number of amides is 1. The number of rotatable bonds is 4. The Balaban J connectivity index is 2.46. The second kappa shape index (κ2) is 5.66. The van der Waals surface area contributed by atoms with E-state index in [2.05, 4.69) is 20.3 Å². The summed E-state index contributed by atoms with van der Waals surface area (Å²) in [7, 11) is 1.33. The fourth-order valence-corrected chi connectivity index (χ4v) is 2.28. The summed E-state index contributed by atoms with van der Waals surface area (Å²) in [4.78, 5) is 21.5. The van der Waals surface area contributed by atoms with Crippen LogP contribution in [-0.4, -0.2) is 34.9 Å². The summed E-state index contributed by atoms with van der Waals surface area (Å²) in [5.41, 5.74) is 0. The lowest BCUT2D eigenvalue weighted by molar-refractivity contribution is -0.137. The molecule has 1 amide bonds. The van der Waals surface area contributed by atoms with Crippen LogP contribution in [0.15, 0.2) is 4.34 Å². The van der Waals surface area contributed by atoms with Crippen LogP contribution >= 0.6 is 23.1 Å². The Morgan fingerprint density at radius 1 is 1.53 bits per heavy atom. The number of anilines is 1. The Labute approximate surface area is 94.4 Å². The molecule has 6 nitrogen and oxygen atoms in total. The number of hydrogen-bond donors (Lipinski definition) is 1. The summed E-state index contributed by atoms with van der Waals surface area (Å²) in [5.74, 6) is -0.336. The van der Waals surface area contributed by atoms with Gasteiger partial charge in [0.1, 0.15) is 0 Å². The molecule has 0 spiro atoms. The molecule has 8 heteroatoms. The highest BCUT2D eigenvalue weighted by Crippen LogP contribution is 2.25. The van der Waals surface area contributed by atoms with Crippen LogP contribution in [0.1, 0.15) is 6.92 Å². The summed E-state index contributed by atoms with van der Waals surface area (Å²) in [5, 5.41) is 10.4. The van der Waals surface area contributed by atoms with Gasteiger partial charge < -0.3 is 10.1 Å². The first kappa shape index (κ1) is 11.9. The topological polar surface area (TPSA) is 81.2 Å². The minimum Gasteiger partial charge on any atom is -0.468 e. The Morgan fingerprint density at radius 3 is 2.87 bits per heavy atom. The van der Waals surface area contributed by atoms with Crippen molar-refractivity contribution in [2.45, 2.75) is 11.3 Å². The minimum absolute atomic E-state index is 0.186. The Hall–Kier alpha value is -1.15. The van der Waals surface area contributed by atoms with E-state index in [-0.39, 0.29) is 17.6 Å². The van der Waals surface area contributed by atoms with E-state index >= 15 is 0 Å². The molecule has 0 bridgehead atoms. The van der Waals surface area contributed by atoms with E-state index in [1.54, 1.807) is 0 Å². The number of aromatic nitrogens is 2. The maximum atomic E-state index is 10.8. The largest absolute Gasteiger partial charge is 0.468 e. The maximum absolute atomic E-state index is 10.8. The van der Waals surface area contributed by atoms with Crippen LogP contribution in [0.4, 0.5) is 5.13 Å². The molecule has 0 radical (unpaired) electrons. The first-order chi connectivity index (χ1) is 7.11. The number of thioether (sulfide) groups is 1. The van der Waals surface area contributed by atoms with Gasteiger partial charge in [0.25, 0.3) is 0 Å². The van der Waals surface area contributed by atoms with Gasteiger partial charge in [0.15, 0.2) is 4.34 Å². The van der Waals surface area contributed by atoms with Gasteiger partial charge in [-0.1, -0.05) is 23.1 Å². The number of nitrogens with one attached hydrogen (secondary N) is 1.